The molecular formula is C13H25NO11. The molecule has 1 aliphatic rings. The minimum atomic E-state index is -2.14. The molecule has 0 radical (unpaired) electrons. The van der Waals surface area contributed by atoms with Crippen molar-refractivity contribution in [2.75, 3.05) is 19.8 Å². The van der Waals surface area contributed by atoms with E-state index in [0.717, 1.165) is 0 Å². The van der Waals surface area contributed by atoms with Crippen LogP contribution in [0.1, 0.15) is 0 Å². The zero-order chi connectivity index (χ0) is 19.3. The zero-order valence-electron chi connectivity index (χ0n) is 13.2. The van der Waals surface area contributed by atoms with E-state index in [0.29, 0.717) is 0 Å². The Kier molecular flexibility index (Phi) is 8.73. The number of ether oxygens (including phenoxy) is 2. The highest BCUT2D eigenvalue weighted by molar-refractivity contribution is 5.84. The highest BCUT2D eigenvalue weighted by atomic mass is 16.7. The van der Waals surface area contributed by atoms with Crippen molar-refractivity contribution >= 4 is 5.78 Å². The smallest absolute Gasteiger partial charge is 0.189 e. The van der Waals surface area contributed by atoms with Gasteiger partial charge < -0.3 is 56.1 Å². The van der Waals surface area contributed by atoms with E-state index in [4.69, 9.17) is 25.4 Å². The topological polar surface area (TPSA) is 223 Å². The van der Waals surface area contributed by atoms with Crippen LogP contribution in [0.5, 0.6) is 0 Å². The second-order valence-electron chi connectivity index (χ2n) is 5.74. The fourth-order valence-corrected chi connectivity index (χ4v) is 2.22. The van der Waals surface area contributed by atoms with E-state index >= 15 is 0 Å². The predicted octanol–water partition coefficient (Wildman–Crippen LogP) is -6.23. The van der Waals surface area contributed by atoms with E-state index < -0.39 is 80.7 Å². The van der Waals surface area contributed by atoms with Gasteiger partial charge >= 0.3 is 0 Å². The molecule has 0 saturated carbocycles. The van der Waals surface area contributed by atoms with Crippen LogP contribution in [0.2, 0.25) is 0 Å². The van der Waals surface area contributed by atoms with Crippen LogP contribution in [-0.2, 0) is 14.3 Å². The normalized spacial score (nSPS) is 35.0. The lowest BCUT2D eigenvalue weighted by Crippen LogP contribution is -2.62. The summed E-state index contributed by atoms with van der Waals surface area (Å²) in [5, 5.41) is 75.0. The summed E-state index contributed by atoms with van der Waals surface area (Å²) in [6, 6.07) is -1.26. The molecule has 0 aromatic rings. The average molecular weight is 371 g/mol. The maximum atomic E-state index is 11.8. The van der Waals surface area contributed by atoms with Gasteiger partial charge in [-0.2, -0.15) is 0 Å². The second kappa shape index (κ2) is 9.80. The fraction of sp³-hybridized carbons (Fsp3) is 0.923. The van der Waals surface area contributed by atoms with Gasteiger partial charge in [-0.05, 0) is 0 Å². The largest absolute Gasteiger partial charge is 0.394 e. The molecule has 5 unspecified atom stereocenters. The Labute approximate surface area is 142 Å². The van der Waals surface area contributed by atoms with Crippen molar-refractivity contribution in [2.45, 2.75) is 55.1 Å². The van der Waals surface area contributed by atoms with Crippen molar-refractivity contribution in [3.63, 3.8) is 0 Å². The van der Waals surface area contributed by atoms with Crippen molar-refractivity contribution in [1.82, 2.24) is 0 Å². The molecule has 9 atom stereocenters. The summed E-state index contributed by atoms with van der Waals surface area (Å²) in [6.07, 6.45) is -13.5. The average Bonchev–Trinajstić information content (AvgIpc) is 2.62. The van der Waals surface area contributed by atoms with Crippen LogP contribution >= 0.6 is 0 Å². The maximum Gasteiger partial charge on any atom is 0.189 e. The molecule has 0 spiro atoms. The van der Waals surface area contributed by atoms with E-state index in [-0.39, 0.29) is 0 Å². The van der Waals surface area contributed by atoms with Crippen LogP contribution in [-0.4, -0.2) is 122 Å². The SMILES string of the molecule is N[C@H]1C(OCC(=O)C(O)C(O)C(O)C(O)CO)O[C@H](CO)[C@@H](O)[C@@H]1O. The molecule has 12 nitrogen and oxygen atoms in total. The second-order valence-corrected chi connectivity index (χ2v) is 5.74. The van der Waals surface area contributed by atoms with Gasteiger partial charge in [0, 0.05) is 0 Å². The third kappa shape index (κ3) is 5.35. The number of rotatable bonds is 9. The summed E-state index contributed by atoms with van der Waals surface area (Å²) < 4.78 is 10.1. The summed E-state index contributed by atoms with van der Waals surface area (Å²) in [7, 11) is 0. The lowest BCUT2D eigenvalue weighted by molar-refractivity contribution is -0.264. The minimum Gasteiger partial charge on any atom is -0.394 e. The number of hydrogen-bond acceptors (Lipinski definition) is 12. The van der Waals surface area contributed by atoms with Crippen LogP contribution in [0.3, 0.4) is 0 Å². The maximum absolute atomic E-state index is 11.8. The monoisotopic (exact) mass is 371 g/mol. The molecule has 10 N–H and O–H groups in total. The van der Waals surface area contributed by atoms with Crippen molar-refractivity contribution in [3.8, 4) is 0 Å². The van der Waals surface area contributed by atoms with E-state index in [1.54, 1.807) is 0 Å². The van der Waals surface area contributed by atoms with Crippen LogP contribution in [0.25, 0.3) is 0 Å². The van der Waals surface area contributed by atoms with E-state index in [1.165, 1.54) is 0 Å². The third-order valence-electron chi connectivity index (χ3n) is 3.90. The number of aliphatic hydroxyl groups is 8. The molecular weight excluding hydrogens is 346 g/mol. The molecule has 0 aromatic heterocycles. The van der Waals surface area contributed by atoms with Crippen molar-refractivity contribution in [2.24, 2.45) is 5.73 Å². The predicted molar refractivity (Wildman–Crippen MR) is 77.8 cm³/mol. The molecule has 1 aliphatic heterocycles. The number of ketones is 1. The number of carbonyl (C=O) groups is 1. The Morgan fingerprint density at radius 2 is 1.68 bits per heavy atom. The summed E-state index contributed by atoms with van der Waals surface area (Å²) in [5.41, 5.74) is 5.59. The first-order valence-corrected chi connectivity index (χ1v) is 7.51. The summed E-state index contributed by atoms with van der Waals surface area (Å²) in [5.74, 6) is -1.10. The van der Waals surface area contributed by atoms with Crippen LogP contribution in [0, 0.1) is 0 Å². The molecule has 1 rings (SSSR count). The zero-order valence-corrected chi connectivity index (χ0v) is 13.2. The highest BCUT2D eigenvalue weighted by Crippen LogP contribution is 2.20. The first-order valence-electron chi connectivity index (χ1n) is 7.51. The van der Waals surface area contributed by atoms with Crippen LogP contribution < -0.4 is 5.73 Å². The molecule has 1 fully saturated rings. The van der Waals surface area contributed by atoms with Gasteiger partial charge in [-0.1, -0.05) is 0 Å². The molecule has 12 heteroatoms. The number of hydrogen-bond donors (Lipinski definition) is 9. The van der Waals surface area contributed by atoms with Gasteiger partial charge in [0.1, 0.15) is 49.3 Å². The molecule has 0 aromatic carbocycles. The first kappa shape index (κ1) is 22.3. The molecule has 0 bridgehead atoms. The van der Waals surface area contributed by atoms with Gasteiger partial charge in [-0.15, -0.1) is 0 Å². The van der Waals surface area contributed by atoms with Crippen LogP contribution in [0.4, 0.5) is 0 Å². The van der Waals surface area contributed by atoms with Gasteiger partial charge in [0.15, 0.2) is 12.1 Å². The lowest BCUT2D eigenvalue weighted by Gasteiger charge is -2.40. The summed E-state index contributed by atoms with van der Waals surface area (Å²) in [4.78, 5) is 11.8. The molecule has 25 heavy (non-hydrogen) atoms. The summed E-state index contributed by atoms with van der Waals surface area (Å²) >= 11 is 0. The fourth-order valence-electron chi connectivity index (χ4n) is 2.22. The number of carbonyl (C=O) groups excluding carboxylic acids is 1. The Bertz CT molecular complexity index is 423. The van der Waals surface area contributed by atoms with Crippen molar-refractivity contribution in [1.29, 1.82) is 0 Å². The standard InChI is InChI=1S/C13H25NO11/c14-7-11(22)10(21)6(2-16)25-13(7)24-3-5(18)9(20)12(23)8(19)4(17)1-15/h4,6-13,15-17,19-23H,1-3,14H2/t4?,6-,7-,8?,9?,10-,11-,12?,13?/m1/s1. The molecule has 0 aliphatic carbocycles. The molecule has 1 heterocycles. The van der Waals surface area contributed by atoms with Gasteiger partial charge in [0.25, 0.3) is 0 Å². The van der Waals surface area contributed by atoms with Gasteiger partial charge in [0.05, 0.1) is 19.3 Å². The van der Waals surface area contributed by atoms with Crippen LogP contribution in [0.15, 0.2) is 0 Å². The van der Waals surface area contributed by atoms with E-state index in [9.17, 15) is 35.4 Å². The number of Topliss-reactive ketones (excluding diaryl/α,β-unsaturated/α-hetero) is 1. The number of aliphatic hydroxyl groups excluding tert-OH is 8. The van der Waals surface area contributed by atoms with Crippen molar-refractivity contribution in [3.05, 3.63) is 0 Å². The Morgan fingerprint density at radius 3 is 2.20 bits per heavy atom. The van der Waals surface area contributed by atoms with Gasteiger partial charge in [-0.25, -0.2) is 0 Å². The Balaban J connectivity index is 2.60. The quantitative estimate of drug-likeness (QED) is 0.184. The Morgan fingerprint density at radius 1 is 1.08 bits per heavy atom. The molecule has 0 amide bonds. The minimum absolute atomic E-state index is 0.647. The third-order valence-corrected chi connectivity index (χ3v) is 3.90. The van der Waals surface area contributed by atoms with E-state index in [1.807, 2.05) is 0 Å². The summed E-state index contributed by atoms with van der Waals surface area (Å²) in [6.45, 7) is -2.39. The van der Waals surface area contributed by atoms with Crippen molar-refractivity contribution < 1.29 is 55.1 Å². The number of nitrogens with two attached hydrogens (primary N) is 1. The first-order chi connectivity index (χ1) is 11.6. The van der Waals surface area contributed by atoms with Gasteiger partial charge in [0.2, 0.25) is 0 Å². The molecule has 1 saturated heterocycles. The van der Waals surface area contributed by atoms with Gasteiger partial charge in [-0.3, -0.25) is 4.79 Å². The van der Waals surface area contributed by atoms with E-state index in [2.05, 4.69) is 0 Å². The Hall–Kier alpha value is -0.770. The molecule has 148 valence electrons. The highest BCUT2D eigenvalue weighted by Gasteiger charge is 2.43. The lowest BCUT2D eigenvalue weighted by atomic mass is 9.98.